The van der Waals surface area contributed by atoms with Crippen molar-refractivity contribution >= 4 is 0 Å². The Morgan fingerprint density at radius 1 is 1.38 bits per heavy atom. The van der Waals surface area contributed by atoms with E-state index < -0.39 is 0 Å². The molecule has 1 saturated carbocycles. The minimum atomic E-state index is 0.909. The van der Waals surface area contributed by atoms with E-state index in [-0.39, 0.29) is 0 Å². The lowest BCUT2D eigenvalue weighted by Gasteiger charge is -2.21. The monoisotopic (exact) mass is 221 g/mol. The smallest absolute Gasteiger partial charge is 0.0521 e. The highest BCUT2D eigenvalue weighted by molar-refractivity contribution is 4.99. The standard InChI is InChI=1S/C13H23N3/c1-2-16-13(8-9-15-16)11-14-10-12-6-4-3-5-7-12/h8-9,12,14H,2-7,10-11H2,1H3. The minimum absolute atomic E-state index is 0.909. The van der Waals surface area contributed by atoms with Gasteiger partial charge in [-0.25, -0.2) is 0 Å². The second-order valence-corrected chi connectivity index (χ2v) is 4.77. The lowest BCUT2D eigenvalue weighted by Crippen LogP contribution is -2.25. The van der Waals surface area contributed by atoms with Crippen LogP contribution in [0.25, 0.3) is 0 Å². The molecule has 1 aliphatic carbocycles. The largest absolute Gasteiger partial charge is 0.311 e. The Hall–Kier alpha value is -0.830. The Labute approximate surface area is 98.2 Å². The second-order valence-electron chi connectivity index (χ2n) is 4.77. The summed E-state index contributed by atoms with van der Waals surface area (Å²) < 4.78 is 2.06. The lowest BCUT2D eigenvalue weighted by molar-refractivity contribution is 0.340. The van der Waals surface area contributed by atoms with Crippen LogP contribution in [0.15, 0.2) is 12.3 Å². The maximum absolute atomic E-state index is 4.28. The Bertz CT molecular complexity index is 300. The first kappa shape index (κ1) is 11.6. The van der Waals surface area contributed by atoms with E-state index in [4.69, 9.17) is 0 Å². The van der Waals surface area contributed by atoms with Crippen molar-refractivity contribution in [3.8, 4) is 0 Å². The molecular weight excluding hydrogens is 198 g/mol. The van der Waals surface area contributed by atoms with Crippen molar-refractivity contribution in [2.45, 2.75) is 52.1 Å². The first-order valence-corrected chi connectivity index (χ1v) is 6.61. The van der Waals surface area contributed by atoms with Gasteiger partial charge in [0, 0.05) is 19.3 Å². The van der Waals surface area contributed by atoms with E-state index >= 15 is 0 Å². The Morgan fingerprint density at radius 3 is 2.94 bits per heavy atom. The van der Waals surface area contributed by atoms with E-state index in [0.717, 1.165) is 19.0 Å². The molecule has 2 rings (SSSR count). The van der Waals surface area contributed by atoms with Gasteiger partial charge < -0.3 is 5.32 Å². The molecule has 16 heavy (non-hydrogen) atoms. The summed E-state index contributed by atoms with van der Waals surface area (Å²) in [7, 11) is 0. The normalized spacial score (nSPS) is 17.8. The van der Waals surface area contributed by atoms with Gasteiger partial charge in [0.25, 0.3) is 0 Å². The van der Waals surface area contributed by atoms with Crippen molar-refractivity contribution in [1.29, 1.82) is 0 Å². The van der Waals surface area contributed by atoms with E-state index in [1.807, 2.05) is 6.20 Å². The number of aryl methyl sites for hydroxylation is 1. The van der Waals surface area contributed by atoms with Gasteiger partial charge in [-0.05, 0) is 38.3 Å². The number of hydrogen-bond donors (Lipinski definition) is 1. The summed E-state index contributed by atoms with van der Waals surface area (Å²) in [5.74, 6) is 0.909. The molecule has 1 heterocycles. The third-order valence-electron chi connectivity index (χ3n) is 3.57. The van der Waals surface area contributed by atoms with Gasteiger partial charge in [-0.3, -0.25) is 4.68 Å². The fourth-order valence-electron chi connectivity index (χ4n) is 2.59. The first-order valence-electron chi connectivity index (χ1n) is 6.61. The van der Waals surface area contributed by atoms with Gasteiger partial charge in [-0.1, -0.05) is 19.3 Å². The Balaban J connectivity index is 1.71. The second kappa shape index (κ2) is 6.04. The molecule has 1 aliphatic rings. The van der Waals surface area contributed by atoms with E-state index in [1.165, 1.54) is 44.3 Å². The zero-order chi connectivity index (χ0) is 11.2. The number of nitrogens with one attached hydrogen (secondary N) is 1. The zero-order valence-electron chi connectivity index (χ0n) is 10.3. The highest BCUT2D eigenvalue weighted by Crippen LogP contribution is 2.22. The molecule has 1 N–H and O–H groups in total. The van der Waals surface area contributed by atoms with E-state index in [1.54, 1.807) is 0 Å². The van der Waals surface area contributed by atoms with Gasteiger partial charge in [-0.15, -0.1) is 0 Å². The molecule has 1 fully saturated rings. The predicted octanol–water partition coefficient (Wildman–Crippen LogP) is 2.57. The average Bonchev–Trinajstić information content (AvgIpc) is 2.78. The van der Waals surface area contributed by atoms with E-state index in [0.29, 0.717) is 0 Å². The third kappa shape index (κ3) is 3.08. The van der Waals surface area contributed by atoms with Gasteiger partial charge in [0.2, 0.25) is 0 Å². The minimum Gasteiger partial charge on any atom is -0.311 e. The molecule has 0 amide bonds. The van der Waals surface area contributed by atoms with Crippen LogP contribution in [0.1, 0.15) is 44.7 Å². The predicted molar refractivity (Wildman–Crippen MR) is 66.2 cm³/mol. The molecule has 1 aromatic heterocycles. The Morgan fingerprint density at radius 2 is 2.19 bits per heavy atom. The van der Waals surface area contributed by atoms with Crippen LogP contribution in [0, 0.1) is 5.92 Å². The van der Waals surface area contributed by atoms with Crippen molar-refractivity contribution < 1.29 is 0 Å². The molecule has 0 aromatic carbocycles. The summed E-state index contributed by atoms with van der Waals surface area (Å²) in [6, 6.07) is 2.11. The molecular formula is C13H23N3. The molecule has 0 atom stereocenters. The maximum atomic E-state index is 4.28. The van der Waals surface area contributed by atoms with Gasteiger partial charge >= 0.3 is 0 Å². The molecule has 3 nitrogen and oxygen atoms in total. The van der Waals surface area contributed by atoms with Gasteiger partial charge in [0.15, 0.2) is 0 Å². The van der Waals surface area contributed by atoms with Crippen LogP contribution >= 0.6 is 0 Å². The van der Waals surface area contributed by atoms with Crippen LogP contribution in [-0.4, -0.2) is 16.3 Å². The molecule has 0 aliphatic heterocycles. The molecule has 1 aromatic rings. The summed E-state index contributed by atoms with van der Waals surface area (Å²) in [5.41, 5.74) is 1.30. The highest BCUT2D eigenvalue weighted by atomic mass is 15.3. The Kier molecular flexibility index (Phi) is 4.40. The quantitative estimate of drug-likeness (QED) is 0.828. The third-order valence-corrected chi connectivity index (χ3v) is 3.57. The lowest BCUT2D eigenvalue weighted by atomic mass is 9.89. The summed E-state index contributed by atoms with van der Waals surface area (Å²) in [4.78, 5) is 0. The summed E-state index contributed by atoms with van der Waals surface area (Å²) >= 11 is 0. The average molecular weight is 221 g/mol. The number of aromatic nitrogens is 2. The van der Waals surface area contributed by atoms with Gasteiger partial charge in [0.05, 0.1) is 5.69 Å². The topological polar surface area (TPSA) is 29.9 Å². The fraction of sp³-hybridized carbons (Fsp3) is 0.769. The number of hydrogen-bond acceptors (Lipinski definition) is 2. The van der Waals surface area contributed by atoms with Crippen LogP contribution < -0.4 is 5.32 Å². The van der Waals surface area contributed by atoms with Crippen LogP contribution in [0.4, 0.5) is 0 Å². The van der Waals surface area contributed by atoms with Crippen molar-refractivity contribution in [3.63, 3.8) is 0 Å². The summed E-state index contributed by atoms with van der Waals surface area (Å²) in [5, 5.41) is 7.85. The SMILES string of the molecule is CCn1nccc1CNCC1CCCCC1. The number of rotatable bonds is 5. The molecule has 0 unspecified atom stereocenters. The first-order chi connectivity index (χ1) is 7.90. The highest BCUT2D eigenvalue weighted by Gasteiger charge is 2.12. The summed E-state index contributed by atoms with van der Waals surface area (Å²) in [6.07, 6.45) is 9.03. The summed E-state index contributed by atoms with van der Waals surface area (Å²) in [6.45, 7) is 5.24. The molecule has 0 saturated heterocycles. The van der Waals surface area contributed by atoms with Crippen molar-refractivity contribution in [1.82, 2.24) is 15.1 Å². The molecule has 3 heteroatoms. The van der Waals surface area contributed by atoms with E-state index in [2.05, 4.69) is 28.1 Å². The van der Waals surface area contributed by atoms with Gasteiger partial charge in [0.1, 0.15) is 0 Å². The molecule has 0 spiro atoms. The molecule has 90 valence electrons. The number of nitrogens with zero attached hydrogens (tertiary/aromatic N) is 2. The van der Waals surface area contributed by atoms with Crippen LogP contribution in [0.5, 0.6) is 0 Å². The maximum Gasteiger partial charge on any atom is 0.0521 e. The van der Waals surface area contributed by atoms with Crippen molar-refractivity contribution in [2.24, 2.45) is 5.92 Å². The van der Waals surface area contributed by atoms with E-state index in [9.17, 15) is 0 Å². The zero-order valence-corrected chi connectivity index (χ0v) is 10.3. The van der Waals surface area contributed by atoms with Crippen LogP contribution in [-0.2, 0) is 13.1 Å². The van der Waals surface area contributed by atoms with Crippen LogP contribution in [0.3, 0.4) is 0 Å². The van der Waals surface area contributed by atoms with Gasteiger partial charge in [-0.2, -0.15) is 5.10 Å². The van der Waals surface area contributed by atoms with Crippen molar-refractivity contribution in [2.75, 3.05) is 6.54 Å². The molecule has 0 radical (unpaired) electrons. The molecule has 0 bridgehead atoms. The van der Waals surface area contributed by atoms with Crippen LogP contribution in [0.2, 0.25) is 0 Å². The van der Waals surface area contributed by atoms with Crippen molar-refractivity contribution in [3.05, 3.63) is 18.0 Å². The fourth-order valence-corrected chi connectivity index (χ4v) is 2.59.